The van der Waals surface area contributed by atoms with Crippen molar-refractivity contribution >= 4 is 17.4 Å². The standard InChI is InChI=1S/C24H22N6O3/c1-3-21(31)29-18-5-4-6-20(11-18)33-24-22(23(25)26-15-27-24)17-12-28-30(14-17)13-16-7-9-19(32-2)10-8-16/h3-12,14-15H,1,13H2,2H3,(H,29,31)(H2,25,26,27). The van der Waals surface area contributed by atoms with Gasteiger partial charge in [-0.05, 0) is 35.9 Å². The van der Waals surface area contributed by atoms with Crippen molar-refractivity contribution in [3.05, 3.63) is 85.5 Å². The summed E-state index contributed by atoms with van der Waals surface area (Å²) in [7, 11) is 1.63. The lowest BCUT2D eigenvalue weighted by molar-refractivity contribution is -0.111. The molecule has 0 radical (unpaired) electrons. The maximum atomic E-state index is 11.6. The van der Waals surface area contributed by atoms with Gasteiger partial charge in [-0.3, -0.25) is 9.48 Å². The first-order chi connectivity index (χ1) is 16.1. The first-order valence-electron chi connectivity index (χ1n) is 10.0. The van der Waals surface area contributed by atoms with Gasteiger partial charge in [0.1, 0.15) is 23.6 Å². The number of carbonyl (C=O) groups excluding carboxylic acids is 1. The second-order valence-electron chi connectivity index (χ2n) is 7.04. The average molecular weight is 442 g/mol. The van der Waals surface area contributed by atoms with Crippen molar-refractivity contribution in [2.24, 2.45) is 0 Å². The average Bonchev–Trinajstić information content (AvgIpc) is 3.27. The van der Waals surface area contributed by atoms with Crippen molar-refractivity contribution in [3.8, 4) is 28.5 Å². The lowest BCUT2D eigenvalue weighted by atomic mass is 10.1. The lowest BCUT2D eigenvalue weighted by Gasteiger charge is -2.11. The molecule has 9 heteroatoms. The van der Waals surface area contributed by atoms with Gasteiger partial charge in [0, 0.05) is 23.5 Å². The number of nitrogen functional groups attached to an aromatic ring is 1. The Morgan fingerprint density at radius 2 is 2.00 bits per heavy atom. The molecule has 0 aliphatic carbocycles. The highest BCUT2D eigenvalue weighted by Crippen LogP contribution is 2.35. The second-order valence-corrected chi connectivity index (χ2v) is 7.04. The molecule has 0 saturated heterocycles. The molecule has 0 fully saturated rings. The molecule has 0 unspecified atom stereocenters. The molecule has 3 N–H and O–H groups in total. The zero-order valence-corrected chi connectivity index (χ0v) is 17.9. The van der Waals surface area contributed by atoms with Crippen LogP contribution in [-0.4, -0.2) is 32.8 Å². The summed E-state index contributed by atoms with van der Waals surface area (Å²) in [5, 5.41) is 7.13. The van der Waals surface area contributed by atoms with Crippen LogP contribution in [0.1, 0.15) is 5.56 Å². The number of nitrogens with one attached hydrogen (secondary N) is 1. The Morgan fingerprint density at radius 3 is 2.76 bits per heavy atom. The molecule has 9 nitrogen and oxygen atoms in total. The molecule has 33 heavy (non-hydrogen) atoms. The number of anilines is 2. The van der Waals surface area contributed by atoms with E-state index in [1.165, 1.54) is 12.4 Å². The van der Waals surface area contributed by atoms with Gasteiger partial charge in [0.2, 0.25) is 11.8 Å². The molecule has 0 bridgehead atoms. The summed E-state index contributed by atoms with van der Waals surface area (Å²) in [4.78, 5) is 19.9. The summed E-state index contributed by atoms with van der Waals surface area (Å²) in [5.41, 5.74) is 9.04. The molecular formula is C24H22N6O3. The van der Waals surface area contributed by atoms with Crippen molar-refractivity contribution in [1.82, 2.24) is 19.7 Å². The Balaban J connectivity index is 1.58. The maximum Gasteiger partial charge on any atom is 0.247 e. The van der Waals surface area contributed by atoms with Gasteiger partial charge in [-0.25, -0.2) is 9.97 Å². The van der Waals surface area contributed by atoms with Gasteiger partial charge < -0.3 is 20.5 Å². The van der Waals surface area contributed by atoms with Crippen molar-refractivity contribution in [2.45, 2.75) is 6.54 Å². The van der Waals surface area contributed by atoms with Crippen LogP contribution in [0.4, 0.5) is 11.5 Å². The van der Waals surface area contributed by atoms with Crippen LogP contribution in [0.15, 0.2) is 79.9 Å². The quantitative estimate of drug-likeness (QED) is 0.398. The first kappa shape index (κ1) is 21.6. The minimum Gasteiger partial charge on any atom is -0.497 e. The number of aromatic nitrogens is 4. The summed E-state index contributed by atoms with van der Waals surface area (Å²) in [5.74, 6) is 1.49. The Kier molecular flexibility index (Phi) is 6.31. The summed E-state index contributed by atoms with van der Waals surface area (Å²) >= 11 is 0. The molecule has 4 aromatic rings. The first-order valence-corrected chi connectivity index (χ1v) is 10.0. The van der Waals surface area contributed by atoms with Crippen LogP contribution in [0.2, 0.25) is 0 Å². The van der Waals surface area contributed by atoms with Crippen LogP contribution in [-0.2, 0) is 11.3 Å². The Morgan fingerprint density at radius 1 is 1.18 bits per heavy atom. The van der Waals surface area contributed by atoms with Crippen LogP contribution in [0.25, 0.3) is 11.1 Å². The highest BCUT2D eigenvalue weighted by molar-refractivity contribution is 5.98. The fraction of sp³-hybridized carbons (Fsp3) is 0.0833. The van der Waals surface area contributed by atoms with E-state index in [0.29, 0.717) is 29.1 Å². The minimum atomic E-state index is -0.316. The van der Waals surface area contributed by atoms with Crippen molar-refractivity contribution < 1.29 is 14.3 Å². The van der Waals surface area contributed by atoms with Gasteiger partial charge in [0.05, 0.1) is 25.4 Å². The molecule has 4 rings (SSSR count). The number of methoxy groups -OCH3 is 1. The number of ether oxygens (including phenoxy) is 2. The zero-order chi connectivity index (χ0) is 23.2. The summed E-state index contributed by atoms with van der Waals surface area (Å²) in [6, 6.07) is 14.7. The van der Waals surface area contributed by atoms with Gasteiger partial charge >= 0.3 is 0 Å². The molecule has 0 atom stereocenters. The highest BCUT2D eigenvalue weighted by Gasteiger charge is 2.16. The van der Waals surface area contributed by atoms with Crippen molar-refractivity contribution in [2.75, 3.05) is 18.2 Å². The van der Waals surface area contributed by atoms with Crippen molar-refractivity contribution in [1.29, 1.82) is 0 Å². The predicted octanol–water partition coefficient (Wildman–Crippen LogP) is 3.90. The SMILES string of the molecule is C=CC(=O)Nc1cccc(Oc2ncnc(N)c2-c2cnn(Cc3ccc(OC)cc3)c2)c1. The van der Waals surface area contributed by atoms with E-state index in [9.17, 15) is 4.79 Å². The number of carbonyl (C=O) groups is 1. The Labute approximate surface area is 190 Å². The van der Waals surface area contributed by atoms with E-state index in [2.05, 4.69) is 27.0 Å². The normalized spacial score (nSPS) is 10.5. The van der Waals surface area contributed by atoms with Gasteiger partial charge in [0.25, 0.3) is 0 Å². The third-order valence-electron chi connectivity index (χ3n) is 4.77. The number of hydrogen-bond acceptors (Lipinski definition) is 7. The molecule has 2 aromatic carbocycles. The minimum absolute atomic E-state index is 0.264. The Bertz CT molecular complexity index is 1280. The van der Waals surface area contributed by atoms with E-state index in [1.807, 2.05) is 30.5 Å². The maximum absolute atomic E-state index is 11.6. The summed E-state index contributed by atoms with van der Waals surface area (Å²) < 4.78 is 13.0. The molecule has 2 heterocycles. The van der Waals surface area contributed by atoms with E-state index in [1.54, 1.807) is 42.3 Å². The van der Waals surface area contributed by atoms with Crippen LogP contribution in [0.3, 0.4) is 0 Å². The second kappa shape index (κ2) is 9.65. The van der Waals surface area contributed by atoms with Gasteiger partial charge in [0.15, 0.2) is 0 Å². The smallest absolute Gasteiger partial charge is 0.247 e. The van der Waals surface area contributed by atoms with E-state index in [-0.39, 0.29) is 17.6 Å². The number of hydrogen-bond donors (Lipinski definition) is 2. The topological polar surface area (TPSA) is 117 Å². The number of benzene rings is 2. The molecule has 0 saturated carbocycles. The summed E-state index contributed by atoms with van der Waals surface area (Å²) in [6.07, 6.45) is 6.07. The third-order valence-corrected chi connectivity index (χ3v) is 4.77. The highest BCUT2D eigenvalue weighted by atomic mass is 16.5. The molecular weight excluding hydrogens is 420 g/mol. The number of rotatable bonds is 8. The molecule has 166 valence electrons. The monoisotopic (exact) mass is 442 g/mol. The molecule has 1 amide bonds. The number of amides is 1. The van der Waals surface area contributed by atoms with E-state index in [4.69, 9.17) is 15.2 Å². The molecule has 0 aliphatic rings. The Hall–Kier alpha value is -4.66. The predicted molar refractivity (Wildman–Crippen MR) is 125 cm³/mol. The van der Waals surface area contributed by atoms with Crippen LogP contribution in [0.5, 0.6) is 17.4 Å². The van der Waals surface area contributed by atoms with Gasteiger partial charge in [-0.1, -0.05) is 24.8 Å². The fourth-order valence-corrected chi connectivity index (χ4v) is 3.17. The van der Waals surface area contributed by atoms with Crippen LogP contribution in [0, 0.1) is 0 Å². The van der Waals surface area contributed by atoms with Crippen LogP contribution < -0.4 is 20.5 Å². The van der Waals surface area contributed by atoms with E-state index in [0.717, 1.165) is 11.3 Å². The fourth-order valence-electron chi connectivity index (χ4n) is 3.17. The molecule has 0 aliphatic heterocycles. The van der Waals surface area contributed by atoms with Crippen molar-refractivity contribution in [3.63, 3.8) is 0 Å². The van der Waals surface area contributed by atoms with Gasteiger partial charge in [-0.15, -0.1) is 0 Å². The molecule has 0 spiro atoms. The van der Waals surface area contributed by atoms with Crippen LogP contribution >= 0.6 is 0 Å². The third kappa shape index (κ3) is 5.16. The zero-order valence-electron chi connectivity index (χ0n) is 17.9. The van der Waals surface area contributed by atoms with Gasteiger partial charge in [-0.2, -0.15) is 5.10 Å². The largest absolute Gasteiger partial charge is 0.497 e. The number of nitrogens with zero attached hydrogens (tertiary/aromatic N) is 4. The lowest BCUT2D eigenvalue weighted by Crippen LogP contribution is -2.07. The molecule has 2 aromatic heterocycles. The van der Waals surface area contributed by atoms with E-state index < -0.39 is 0 Å². The van der Waals surface area contributed by atoms with E-state index >= 15 is 0 Å². The summed E-state index contributed by atoms with van der Waals surface area (Å²) in [6.45, 7) is 4.02. The number of nitrogens with two attached hydrogens (primary N) is 1.